The van der Waals surface area contributed by atoms with Gasteiger partial charge in [0.2, 0.25) is 0 Å². The maximum atomic E-state index is 5.84. The fourth-order valence-electron chi connectivity index (χ4n) is 2.70. The molecule has 114 valence electrons. The predicted octanol–water partition coefficient (Wildman–Crippen LogP) is 4.12. The highest BCUT2D eigenvalue weighted by Gasteiger charge is 2.13. The first-order valence-corrected chi connectivity index (χ1v) is 7.98. The molecule has 1 atom stereocenters. The summed E-state index contributed by atoms with van der Waals surface area (Å²) in [5, 5.41) is 0. The van der Waals surface area contributed by atoms with Crippen LogP contribution in [-0.2, 0) is 6.42 Å². The molecule has 21 heavy (non-hydrogen) atoms. The van der Waals surface area contributed by atoms with Crippen molar-refractivity contribution < 1.29 is 0 Å². The average Bonchev–Trinajstić information content (AvgIpc) is 2.94. The van der Waals surface area contributed by atoms with Gasteiger partial charge in [-0.25, -0.2) is 4.98 Å². The average molecular weight is 285 g/mol. The molecule has 0 fully saturated rings. The largest absolute Gasteiger partial charge is 0.342 e. The number of hydrogen-bond acceptors (Lipinski definition) is 2. The van der Waals surface area contributed by atoms with Crippen LogP contribution in [-0.4, -0.2) is 16.5 Å². The van der Waals surface area contributed by atoms with Crippen molar-refractivity contribution >= 4 is 0 Å². The number of nitrogens with one attached hydrogen (secondary N) is 1. The van der Waals surface area contributed by atoms with Gasteiger partial charge in [-0.2, -0.15) is 0 Å². The molecular formula is C18H27N3. The molecule has 0 radical (unpaired) electrons. The van der Waals surface area contributed by atoms with Gasteiger partial charge in [0.25, 0.3) is 0 Å². The summed E-state index contributed by atoms with van der Waals surface area (Å²) >= 11 is 0. The standard InChI is InChI=1S/C18H27N3/c1-4-5-16(11-19)18-20-12-17(21-18)15-8-6-14(7-9-15)10-13(2)3/h6-9,12-13,16H,4-5,10-11,19H2,1-3H3,(H,20,21). The minimum absolute atomic E-state index is 0.337. The summed E-state index contributed by atoms with van der Waals surface area (Å²) in [6.07, 6.45) is 5.25. The Morgan fingerprint density at radius 3 is 2.48 bits per heavy atom. The number of H-pyrrole nitrogens is 1. The van der Waals surface area contributed by atoms with Gasteiger partial charge in [0, 0.05) is 12.5 Å². The Kier molecular flexibility index (Phi) is 5.57. The Bertz CT molecular complexity index is 540. The van der Waals surface area contributed by atoms with Crippen LogP contribution >= 0.6 is 0 Å². The summed E-state index contributed by atoms with van der Waals surface area (Å²) in [6, 6.07) is 8.77. The predicted molar refractivity (Wildman–Crippen MR) is 89.3 cm³/mol. The van der Waals surface area contributed by atoms with Gasteiger partial charge >= 0.3 is 0 Å². The van der Waals surface area contributed by atoms with Gasteiger partial charge in [-0.05, 0) is 29.9 Å². The lowest BCUT2D eigenvalue weighted by atomic mass is 10.0. The van der Waals surface area contributed by atoms with Crippen molar-refractivity contribution in [3.63, 3.8) is 0 Å². The summed E-state index contributed by atoms with van der Waals surface area (Å²) < 4.78 is 0. The lowest BCUT2D eigenvalue weighted by Gasteiger charge is -2.10. The number of benzene rings is 1. The summed E-state index contributed by atoms with van der Waals surface area (Å²) in [7, 11) is 0. The Morgan fingerprint density at radius 1 is 1.19 bits per heavy atom. The molecule has 3 heteroatoms. The van der Waals surface area contributed by atoms with E-state index in [1.807, 2.05) is 6.20 Å². The molecule has 0 saturated carbocycles. The molecule has 3 N–H and O–H groups in total. The van der Waals surface area contributed by atoms with Crippen LogP contribution in [0, 0.1) is 5.92 Å². The van der Waals surface area contributed by atoms with Crippen LogP contribution in [0.4, 0.5) is 0 Å². The number of nitrogens with two attached hydrogens (primary N) is 1. The Labute approximate surface area is 128 Å². The molecule has 3 nitrogen and oxygen atoms in total. The van der Waals surface area contributed by atoms with Gasteiger partial charge in [-0.15, -0.1) is 0 Å². The molecule has 0 spiro atoms. The molecule has 0 aliphatic rings. The van der Waals surface area contributed by atoms with Gasteiger partial charge in [-0.1, -0.05) is 51.5 Å². The molecule has 1 aromatic heterocycles. The minimum atomic E-state index is 0.337. The molecular weight excluding hydrogens is 258 g/mol. The Hall–Kier alpha value is -1.61. The lowest BCUT2D eigenvalue weighted by molar-refractivity contribution is 0.595. The van der Waals surface area contributed by atoms with Crippen molar-refractivity contribution in [2.75, 3.05) is 6.54 Å². The number of aromatic amines is 1. The molecule has 0 amide bonds. The van der Waals surface area contributed by atoms with Crippen molar-refractivity contribution in [3.8, 4) is 11.3 Å². The zero-order valence-electron chi connectivity index (χ0n) is 13.4. The number of imidazole rings is 1. The molecule has 0 saturated heterocycles. The summed E-state index contributed by atoms with van der Waals surface area (Å²) in [4.78, 5) is 7.95. The molecule has 0 aliphatic heterocycles. The fourth-order valence-corrected chi connectivity index (χ4v) is 2.70. The summed E-state index contributed by atoms with van der Waals surface area (Å²) in [5.74, 6) is 2.04. The van der Waals surface area contributed by atoms with Crippen LogP contribution in [0.1, 0.15) is 50.9 Å². The van der Waals surface area contributed by atoms with Crippen LogP contribution in [0.3, 0.4) is 0 Å². The van der Waals surface area contributed by atoms with E-state index >= 15 is 0 Å². The molecule has 0 aliphatic carbocycles. The van der Waals surface area contributed by atoms with Crippen molar-refractivity contribution in [2.24, 2.45) is 11.7 Å². The molecule has 1 aromatic carbocycles. The third kappa shape index (κ3) is 4.18. The Balaban J connectivity index is 2.13. The van der Waals surface area contributed by atoms with E-state index in [4.69, 9.17) is 5.73 Å². The van der Waals surface area contributed by atoms with Gasteiger partial charge in [-0.3, -0.25) is 0 Å². The van der Waals surface area contributed by atoms with E-state index < -0.39 is 0 Å². The maximum absolute atomic E-state index is 5.84. The first-order chi connectivity index (χ1) is 10.1. The second-order valence-electron chi connectivity index (χ2n) is 6.20. The normalized spacial score (nSPS) is 12.8. The third-order valence-electron chi connectivity index (χ3n) is 3.81. The molecule has 0 bridgehead atoms. The van der Waals surface area contributed by atoms with E-state index in [2.05, 4.69) is 55.0 Å². The van der Waals surface area contributed by atoms with Gasteiger partial charge < -0.3 is 10.7 Å². The number of nitrogens with zero attached hydrogens (tertiary/aromatic N) is 1. The monoisotopic (exact) mass is 285 g/mol. The molecule has 1 unspecified atom stereocenters. The number of aromatic nitrogens is 2. The minimum Gasteiger partial charge on any atom is -0.342 e. The molecule has 2 rings (SSSR count). The van der Waals surface area contributed by atoms with Crippen LogP contribution in [0.25, 0.3) is 11.3 Å². The van der Waals surface area contributed by atoms with Gasteiger partial charge in [0.05, 0.1) is 11.9 Å². The van der Waals surface area contributed by atoms with E-state index in [0.29, 0.717) is 18.4 Å². The second-order valence-corrected chi connectivity index (χ2v) is 6.20. The van der Waals surface area contributed by atoms with Crippen LogP contribution in [0.5, 0.6) is 0 Å². The quantitative estimate of drug-likeness (QED) is 0.804. The lowest BCUT2D eigenvalue weighted by Crippen LogP contribution is -2.13. The highest BCUT2D eigenvalue weighted by atomic mass is 14.9. The maximum Gasteiger partial charge on any atom is 0.110 e. The number of hydrogen-bond donors (Lipinski definition) is 2. The molecule has 2 aromatic rings. The van der Waals surface area contributed by atoms with E-state index in [1.165, 1.54) is 11.1 Å². The zero-order chi connectivity index (χ0) is 15.2. The van der Waals surface area contributed by atoms with Crippen LogP contribution in [0.15, 0.2) is 30.5 Å². The number of rotatable bonds is 7. The van der Waals surface area contributed by atoms with Gasteiger partial charge in [0.1, 0.15) is 5.82 Å². The Morgan fingerprint density at radius 2 is 1.90 bits per heavy atom. The van der Waals surface area contributed by atoms with Gasteiger partial charge in [0.15, 0.2) is 0 Å². The van der Waals surface area contributed by atoms with E-state index in [0.717, 1.165) is 30.8 Å². The second kappa shape index (κ2) is 7.41. The van der Waals surface area contributed by atoms with Crippen molar-refractivity contribution in [3.05, 3.63) is 41.9 Å². The SMILES string of the molecule is CCCC(CN)c1ncc(-c2ccc(CC(C)C)cc2)[nH]1. The first kappa shape index (κ1) is 15.8. The van der Waals surface area contributed by atoms with Crippen molar-refractivity contribution in [2.45, 2.75) is 46.0 Å². The van der Waals surface area contributed by atoms with E-state index in [-0.39, 0.29) is 0 Å². The van der Waals surface area contributed by atoms with E-state index in [1.54, 1.807) is 0 Å². The van der Waals surface area contributed by atoms with Crippen LogP contribution < -0.4 is 5.73 Å². The summed E-state index contributed by atoms with van der Waals surface area (Å²) in [6.45, 7) is 7.32. The van der Waals surface area contributed by atoms with E-state index in [9.17, 15) is 0 Å². The highest BCUT2D eigenvalue weighted by molar-refractivity contribution is 5.58. The zero-order valence-corrected chi connectivity index (χ0v) is 13.4. The van der Waals surface area contributed by atoms with Crippen molar-refractivity contribution in [1.82, 2.24) is 9.97 Å². The summed E-state index contributed by atoms with van der Waals surface area (Å²) in [5.41, 5.74) is 9.50. The van der Waals surface area contributed by atoms with Crippen molar-refractivity contribution in [1.29, 1.82) is 0 Å². The third-order valence-corrected chi connectivity index (χ3v) is 3.81. The smallest absolute Gasteiger partial charge is 0.110 e. The highest BCUT2D eigenvalue weighted by Crippen LogP contribution is 2.23. The van der Waals surface area contributed by atoms with Crippen LogP contribution in [0.2, 0.25) is 0 Å². The first-order valence-electron chi connectivity index (χ1n) is 7.98. The fraction of sp³-hybridized carbons (Fsp3) is 0.500. The molecule has 1 heterocycles. The topological polar surface area (TPSA) is 54.7 Å².